The Hall–Kier alpha value is -2.73. The van der Waals surface area contributed by atoms with Crippen molar-refractivity contribution in [1.82, 2.24) is 24.4 Å². The molecule has 1 fully saturated rings. The Morgan fingerprint density at radius 3 is 2.72 bits per heavy atom. The molecule has 0 aliphatic carbocycles. The Bertz CT molecular complexity index is 1370. The molecule has 0 spiro atoms. The van der Waals surface area contributed by atoms with Gasteiger partial charge in [0.25, 0.3) is 0 Å². The molecule has 1 saturated heterocycles. The van der Waals surface area contributed by atoms with E-state index in [9.17, 15) is 4.79 Å². The Balaban J connectivity index is 1.36. The molecule has 210 valence electrons. The number of aryl methyl sites for hydroxylation is 1. The summed E-state index contributed by atoms with van der Waals surface area (Å²) in [6.07, 6.45) is 4.03. The molecule has 3 aromatic rings. The quantitative estimate of drug-likeness (QED) is 0.349. The van der Waals surface area contributed by atoms with Crippen LogP contribution in [-0.4, -0.2) is 55.5 Å². The molecule has 4 heterocycles. The molecule has 12 heteroatoms. The van der Waals surface area contributed by atoms with Crippen molar-refractivity contribution >= 4 is 50.8 Å². The Morgan fingerprint density at radius 2 is 2.00 bits per heavy atom. The van der Waals surface area contributed by atoms with Gasteiger partial charge < -0.3 is 29.4 Å². The van der Waals surface area contributed by atoms with Crippen LogP contribution in [0.25, 0.3) is 11.2 Å². The summed E-state index contributed by atoms with van der Waals surface area (Å²) in [6.45, 7) is 11.7. The van der Waals surface area contributed by atoms with E-state index in [1.165, 1.54) is 18.1 Å². The van der Waals surface area contributed by atoms with Crippen LogP contribution in [0.5, 0.6) is 11.5 Å². The number of piperidine rings is 1. The fraction of sp³-hybridized carbons (Fsp3) is 0.556. The number of halogens is 1. The average Bonchev–Trinajstić information content (AvgIpc) is 3.46. The van der Waals surface area contributed by atoms with Crippen LogP contribution in [0.1, 0.15) is 53.9 Å². The summed E-state index contributed by atoms with van der Waals surface area (Å²) in [5.74, 6) is 2.56. The molecule has 2 N–H and O–H groups in total. The van der Waals surface area contributed by atoms with E-state index in [2.05, 4.69) is 44.3 Å². The van der Waals surface area contributed by atoms with E-state index in [-0.39, 0.29) is 18.9 Å². The number of ether oxygens (including phenoxy) is 3. The predicted molar refractivity (Wildman–Crippen MR) is 153 cm³/mol. The van der Waals surface area contributed by atoms with Crippen LogP contribution in [0.3, 0.4) is 0 Å². The minimum atomic E-state index is -0.511. The molecule has 0 radical (unpaired) electrons. The van der Waals surface area contributed by atoms with Gasteiger partial charge in [0.15, 0.2) is 33.6 Å². The first-order valence-electron chi connectivity index (χ1n) is 13.2. The van der Waals surface area contributed by atoms with Gasteiger partial charge in [-0.2, -0.15) is 0 Å². The fourth-order valence-electron chi connectivity index (χ4n) is 5.12. The molecule has 0 unspecified atom stereocenters. The summed E-state index contributed by atoms with van der Waals surface area (Å²) >= 11 is 5.18. The van der Waals surface area contributed by atoms with E-state index in [1.54, 1.807) is 0 Å². The number of amides is 1. The zero-order chi connectivity index (χ0) is 27.9. The highest BCUT2D eigenvalue weighted by Crippen LogP contribution is 2.43. The lowest BCUT2D eigenvalue weighted by Gasteiger charge is -2.42. The lowest BCUT2D eigenvalue weighted by atomic mass is 9.84. The van der Waals surface area contributed by atoms with E-state index >= 15 is 0 Å². The maximum absolute atomic E-state index is 12.9. The summed E-state index contributed by atoms with van der Waals surface area (Å²) < 4.78 is 19.8. The Kier molecular flexibility index (Phi) is 7.87. The van der Waals surface area contributed by atoms with Crippen molar-refractivity contribution in [1.29, 1.82) is 0 Å². The van der Waals surface area contributed by atoms with Gasteiger partial charge in [-0.05, 0) is 79.9 Å². The number of likely N-dealkylation sites (tertiary alicyclic amines) is 1. The molecular weight excluding hydrogens is 584 g/mol. The first kappa shape index (κ1) is 27.8. The maximum atomic E-state index is 12.9. The van der Waals surface area contributed by atoms with Gasteiger partial charge in [0.2, 0.25) is 6.79 Å². The molecule has 0 saturated carbocycles. The van der Waals surface area contributed by atoms with Gasteiger partial charge in [-0.1, -0.05) is 25.6 Å². The second kappa shape index (κ2) is 11.0. The second-order valence-corrected chi connectivity index (χ2v) is 13.2. The second-order valence-electron chi connectivity index (χ2n) is 11.4. The van der Waals surface area contributed by atoms with Gasteiger partial charge in [0, 0.05) is 28.5 Å². The highest BCUT2D eigenvalue weighted by Gasteiger charge is 2.36. The molecule has 1 aromatic carbocycles. The minimum Gasteiger partial charge on any atom is -0.454 e. The molecule has 0 bridgehead atoms. The number of nitrogens with zero attached hydrogens (tertiary/aromatic N) is 5. The predicted octanol–water partition coefficient (Wildman–Crippen LogP) is 6.11. The largest absolute Gasteiger partial charge is 0.454 e. The van der Waals surface area contributed by atoms with Gasteiger partial charge in [-0.25, -0.2) is 19.7 Å². The first-order chi connectivity index (χ1) is 18.5. The number of aromatic nitrogens is 4. The van der Waals surface area contributed by atoms with E-state index in [0.29, 0.717) is 46.9 Å². The summed E-state index contributed by atoms with van der Waals surface area (Å²) in [5, 5.41) is 0.781. The Morgan fingerprint density at radius 1 is 1.26 bits per heavy atom. The molecule has 1 amide bonds. The van der Waals surface area contributed by atoms with Crippen LogP contribution in [0.15, 0.2) is 33.0 Å². The molecule has 5 rings (SSSR count). The van der Waals surface area contributed by atoms with Crippen LogP contribution in [0.2, 0.25) is 0 Å². The lowest BCUT2D eigenvalue weighted by Crippen LogP contribution is -2.50. The molecule has 2 atom stereocenters. The molecule has 2 aliphatic heterocycles. The third kappa shape index (κ3) is 6.06. The van der Waals surface area contributed by atoms with Crippen LogP contribution < -0.4 is 15.2 Å². The summed E-state index contributed by atoms with van der Waals surface area (Å²) in [6, 6.07) is 4.00. The highest BCUT2D eigenvalue weighted by molar-refractivity contribution is 9.10. The number of rotatable bonds is 6. The summed E-state index contributed by atoms with van der Waals surface area (Å²) in [4.78, 5) is 29.3. The number of anilines is 1. The van der Waals surface area contributed by atoms with Crippen molar-refractivity contribution in [2.45, 2.75) is 82.1 Å². The fourth-order valence-corrected chi connectivity index (χ4v) is 6.62. The number of imidazole rings is 1. The summed E-state index contributed by atoms with van der Waals surface area (Å²) in [5.41, 5.74) is 6.98. The molecule has 10 nitrogen and oxygen atoms in total. The third-order valence-corrected chi connectivity index (χ3v) is 9.04. The number of nitrogens with two attached hydrogens (primary N) is 1. The Labute approximate surface area is 241 Å². The highest BCUT2D eigenvalue weighted by atomic mass is 79.9. The smallest absolute Gasteiger partial charge is 0.410 e. The number of nitrogen functional groups attached to an aromatic ring is 1. The van der Waals surface area contributed by atoms with Gasteiger partial charge >= 0.3 is 6.09 Å². The van der Waals surface area contributed by atoms with E-state index < -0.39 is 5.60 Å². The van der Waals surface area contributed by atoms with Crippen molar-refractivity contribution in [3.8, 4) is 11.5 Å². The van der Waals surface area contributed by atoms with Gasteiger partial charge in [-0.15, -0.1) is 0 Å². The monoisotopic (exact) mass is 618 g/mol. The molecule has 39 heavy (non-hydrogen) atoms. The number of benzene rings is 1. The molecular formula is C27H35BrN6O4S. The van der Waals surface area contributed by atoms with Crippen LogP contribution in [0.4, 0.5) is 10.6 Å². The standard InChI is InChI=1S/C27H35BrN6O4S/c1-15(2)18-10-16(6-8-33(18)26(35)38-27(3,4)5)7-9-34-24-22(23(29)30-13-31-24)32-25(34)39-21-12-20-19(11-17(21)28)36-14-37-20/h11-13,15-16,18H,6-10,14H2,1-5H3,(H2,29,30,31)/t16-,18-/m0/s1. The normalized spacial score (nSPS) is 19.2. The van der Waals surface area contributed by atoms with E-state index in [4.69, 9.17) is 24.9 Å². The van der Waals surface area contributed by atoms with Crippen molar-refractivity contribution in [2.75, 3.05) is 19.1 Å². The number of hydrogen-bond donors (Lipinski definition) is 1. The van der Waals surface area contributed by atoms with Crippen molar-refractivity contribution in [3.05, 3.63) is 22.9 Å². The molecule has 2 aromatic heterocycles. The van der Waals surface area contributed by atoms with Crippen molar-refractivity contribution in [3.63, 3.8) is 0 Å². The van der Waals surface area contributed by atoms with Gasteiger partial charge in [-0.3, -0.25) is 0 Å². The van der Waals surface area contributed by atoms with E-state index in [0.717, 1.165) is 40.3 Å². The molecule has 2 aliphatic rings. The SMILES string of the molecule is CC(C)[C@@H]1C[C@H](CCn2c(Sc3cc4c(cc3Br)OCO4)nc3c(N)ncnc32)CCN1C(=O)OC(C)(C)C. The zero-order valence-corrected chi connectivity index (χ0v) is 25.3. The topological polar surface area (TPSA) is 118 Å². The van der Waals surface area contributed by atoms with Gasteiger partial charge in [0.1, 0.15) is 11.9 Å². The van der Waals surface area contributed by atoms with E-state index in [1.807, 2.05) is 37.8 Å². The van der Waals surface area contributed by atoms with Gasteiger partial charge in [0.05, 0.1) is 0 Å². The minimum absolute atomic E-state index is 0.134. The van der Waals surface area contributed by atoms with Crippen LogP contribution in [0, 0.1) is 11.8 Å². The summed E-state index contributed by atoms with van der Waals surface area (Å²) in [7, 11) is 0. The number of hydrogen-bond acceptors (Lipinski definition) is 9. The third-order valence-electron chi connectivity index (χ3n) is 7.07. The average molecular weight is 620 g/mol. The number of fused-ring (bicyclic) bond motifs is 2. The lowest BCUT2D eigenvalue weighted by molar-refractivity contribution is -0.00334. The number of carbonyl (C=O) groups excluding carboxylic acids is 1. The van der Waals surface area contributed by atoms with Crippen LogP contribution in [-0.2, 0) is 11.3 Å². The van der Waals surface area contributed by atoms with Crippen LogP contribution >= 0.6 is 27.7 Å². The maximum Gasteiger partial charge on any atom is 0.410 e. The zero-order valence-electron chi connectivity index (χ0n) is 22.9. The van der Waals surface area contributed by atoms with Crippen molar-refractivity contribution < 1.29 is 19.0 Å². The van der Waals surface area contributed by atoms with Crippen molar-refractivity contribution in [2.24, 2.45) is 11.8 Å². The number of carbonyl (C=O) groups is 1. The first-order valence-corrected chi connectivity index (χ1v) is 14.8.